The number of rotatable bonds is 3. The Labute approximate surface area is 151 Å². The Morgan fingerprint density at radius 3 is 2.50 bits per heavy atom. The van der Waals surface area contributed by atoms with E-state index < -0.39 is 0 Å². The van der Waals surface area contributed by atoms with E-state index in [1.54, 1.807) is 10.9 Å². The number of nitrogens with two attached hydrogens (primary N) is 1. The molecule has 0 aliphatic heterocycles. The highest BCUT2D eigenvalue weighted by Crippen LogP contribution is 2.32. The first-order valence-electron chi connectivity index (χ1n) is 8.26. The summed E-state index contributed by atoms with van der Waals surface area (Å²) in [5.41, 5.74) is 10.7. The van der Waals surface area contributed by atoms with Crippen molar-refractivity contribution < 1.29 is 0 Å². The monoisotopic (exact) mass is 342 g/mol. The summed E-state index contributed by atoms with van der Waals surface area (Å²) in [6.07, 6.45) is 5.56. The smallest absolute Gasteiger partial charge is 0.151 e. The van der Waals surface area contributed by atoms with Crippen LogP contribution in [0.1, 0.15) is 5.56 Å². The van der Waals surface area contributed by atoms with E-state index in [1.165, 1.54) is 0 Å². The summed E-state index contributed by atoms with van der Waals surface area (Å²) in [7, 11) is 1.90. The molecule has 2 N–H and O–H groups in total. The number of anilines is 1. The molecule has 0 unspecified atom stereocenters. The quantitative estimate of drug-likeness (QED) is 0.535. The lowest BCUT2D eigenvalue weighted by molar-refractivity contribution is 0.768. The molecule has 6 nitrogen and oxygen atoms in total. The van der Waals surface area contributed by atoms with Gasteiger partial charge in [-0.25, -0.2) is 4.98 Å². The van der Waals surface area contributed by atoms with Gasteiger partial charge in [0.25, 0.3) is 0 Å². The van der Waals surface area contributed by atoms with Gasteiger partial charge in [0.05, 0.1) is 11.9 Å². The zero-order chi connectivity index (χ0) is 18.1. The molecule has 0 aliphatic carbocycles. The molecule has 128 valence electrons. The highest BCUT2D eigenvalue weighted by atomic mass is 15.2. The van der Waals surface area contributed by atoms with Crippen molar-refractivity contribution in [2.75, 3.05) is 5.73 Å². The molecular formula is C20H18N6. The van der Waals surface area contributed by atoms with Gasteiger partial charge in [-0.05, 0) is 30.7 Å². The lowest BCUT2D eigenvalue weighted by Gasteiger charge is -2.05. The van der Waals surface area contributed by atoms with Crippen LogP contribution in [0.3, 0.4) is 0 Å². The topological polar surface area (TPSA) is 81.4 Å². The van der Waals surface area contributed by atoms with Crippen molar-refractivity contribution in [2.24, 2.45) is 17.3 Å². The molecule has 4 rings (SSSR count). The number of pyridine rings is 1. The van der Waals surface area contributed by atoms with Gasteiger partial charge in [-0.15, -0.1) is 5.11 Å². The molecule has 0 amide bonds. The summed E-state index contributed by atoms with van der Waals surface area (Å²) >= 11 is 0. The van der Waals surface area contributed by atoms with Gasteiger partial charge in [0, 0.05) is 35.8 Å². The molecule has 2 heterocycles. The minimum Gasteiger partial charge on any atom is -0.382 e. The summed E-state index contributed by atoms with van der Waals surface area (Å²) in [5.74, 6) is 0.374. The fourth-order valence-electron chi connectivity index (χ4n) is 2.83. The first-order valence-corrected chi connectivity index (χ1v) is 8.26. The van der Waals surface area contributed by atoms with E-state index in [0.717, 1.165) is 33.2 Å². The van der Waals surface area contributed by atoms with Gasteiger partial charge in [-0.2, -0.15) is 10.2 Å². The fourth-order valence-corrected chi connectivity index (χ4v) is 2.83. The van der Waals surface area contributed by atoms with Gasteiger partial charge in [-0.1, -0.05) is 29.8 Å². The Balaban J connectivity index is 1.67. The molecule has 0 saturated carbocycles. The Morgan fingerprint density at radius 1 is 0.962 bits per heavy atom. The number of aryl methyl sites for hydroxylation is 2. The van der Waals surface area contributed by atoms with Crippen LogP contribution >= 0.6 is 0 Å². The maximum absolute atomic E-state index is 6.03. The highest BCUT2D eigenvalue weighted by molar-refractivity contribution is 5.96. The van der Waals surface area contributed by atoms with Crippen LogP contribution < -0.4 is 5.73 Å². The molecular weight excluding hydrogens is 324 g/mol. The fraction of sp³-hybridized carbons (Fsp3) is 0.100. The van der Waals surface area contributed by atoms with E-state index in [2.05, 4.69) is 20.3 Å². The summed E-state index contributed by atoms with van der Waals surface area (Å²) in [6.45, 7) is 2.04. The summed E-state index contributed by atoms with van der Waals surface area (Å²) < 4.78 is 1.78. The van der Waals surface area contributed by atoms with E-state index in [-0.39, 0.29) is 0 Å². The second-order valence-corrected chi connectivity index (χ2v) is 6.23. The van der Waals surface area contributed by atoms with Gasteiger partial charge in [0.2, 0.25) is 0 Å². The standard InChI is InChI=1S/C20H18N6/c1-13-3-4-15-10-22-20(21)19(18(15)9-13)25-24-17-7-5-14(6-8-17)16-11-23-26(2)12-16/h3-12H,1-2H3,(H2,21,22). The van der Waals surface area contributed by atoms with Gasteiger partial charge < -0.3 is 5.73 Å². The van der Waals surface area contributed by atoms with Crippen LogP contribution in [0.4, 0.5) is 17.2 Å². The number of hydrogen-bond acceptors (Lipinski definition) is 5. The van der Waals surface area contributed by atoms with Crippen molar-refractivity contribution in [1.29, 1.82) is 0 Å². The lowest BCUT2D eigenvalue weighted by atomic mass is 10.1. The molecule has 6 heteroatoms. The number of nitrogen functional groups attached to an aromatic ring is 1. The van der Waals surface area contributed by atoms with Gasteiger partial charge in [-0.3, -0.25) is 4.68 Å². The third-order valence-electron chi connectivity index (χ3n) is 4.22. The molecule has 0 radical (unpaired) electrons. The van der Waals surface area contributed by atoms with Crippen molar-refractivity contribution in [3.8, 4) is 11.1 Å². The Morgan fingerprint density at radius 2 is 1.77 bits per heavy atom. The zero-order valence-corrected chi connectivity index (χ0v) is 14.6. The Hall–Kier alpha value is -3.54. The maximum Gasteiger partial charge on any atom is 0.151 e. The third kappa shape index (κ3) is 3.04. The van der Waals surface area contributed by atoms with Crippen LogP contribution in [0, 0.1) is 6.92 Å². The van der Waals surface area contributed by atoms with E-state index in [1.807, 2.05) is 68.8 Å². The van der Waals surface area contributed by atoms with Crippen LogP contribution in [0.2, 0.25) is 0 Å². The van der Waals surface area contributed by atoms with Crippen LogP contribution in [0.25, 0.3) is 21.9 Å². The van der Waals surface area contributed by atoms with E-state index in [4.69, 9.17) is 5.73 Å². The maximum atomic E-state index is 6.03. The number of azo groups is 1. The molecule has 0 atom stereocenters. The second-order valence-electron chi connectivity index (χ2n) is 6.23. The van der Waals surface area contributed by atoms with Gasteiger partial charge in [0.15, 0.2) is 5.82 Å². The van der Waals surface area contributed by atoms with Crippen LogP contribution in [-0.2, 0) is 7.05 Å². The number of fused-ring (bicyclic) bond motifs is 1. The van der Waals surface area contributed by atoms with E-state index in [9.17, 15) is 0 Å². The molecule has 26 heavy (non-hydrogen) atoms. The van der Waals surface area contributed by atoms with Crippen molar-refractivity contribution >= 4 is 28.0 Å². The first-order chi connectivity index (χ1) is 12.6. The summed E-state index contributed by atoms with van der Waals surface area (Å²) in [4.78, 5) is 4.22. The molecule has 0 saturated heterocycles. The van der Waals surface area contributed by atoms with Crippen LogP contribution in [0.15, 0.2) is 71.3 Å². The van der Waals surface area contributed by atoms with Gasteiger partial charge in [0.1, 0.15) is 5.69 Å². The molecule has 2 aromatic carbocycles. The second kappa shape index (κ2) is 6.40. The zero-order valence-electron chi connectivity index (χ0n) is 14.6. The minimum atomic E-state index is 0.374. The molecule has 0 spiro atoms. The SMILES string of the molecule is Cc1ccc2cnc(N)c(N=Nc3ccc(-c4cnn(C)c4)cc3)c2c1. The largest absolute Gasteiger partial charge is 0.382 e. The number of hydrogen-bond donors (Lipinski definition) is 1. The van der Waals surface area contributed by atoms with Crippen molar-refractivity contribution in [3.05, 3.63) is 66.6 Å². The molecule has 0 fully saturated rings. The number of nitrogens with zero attached hydrogens (tertiary/aromatic N) is 5. The molecule has 2 aromatic heterocycles. The van der Waals surface area contributed by atoms with Gasteiger partial charge >= 0.3 is 0 Å². The predicted octanol–water partition coefficient (Wildman–Crippen LogP) is 4.94. The molecule has 4 aromatic rings. The average Bonchev–Trinajstić information content (AvgIpc) is 3.08. The Bertz CT molecular complexity index is 1100. The van der Waals surface area contributed by atoms with Crippen LogP contribution in [0.5, 0.6) is 0 Å². The Kier molecular flexibility index (Phi) is 3.93. The third-order valence-corrected chi connectivity index (χ3v) is 4.22. The molecule has 0 aliphatic rings. The summed E-state index contributed by atoms with van der Waals surface area (Å²) in [6, 6.07) is 13.9. The summed E-state index contributed by atoms with van der Waals surface area (Å²) in [5, 5.41) is 14.8. The average molecular weight is 342 g/mol. The minimum absolute atomic E-state index is 0.374. The lowest BCUT2D eigenvalue weighted by Crippen LogP contribution is -1.91. The molecule has 0 bridgehead atoms. The normalized spacial score (nSPS) is 11.5. The number of benzene rings is 2. The first kappa shape index (κ1) is 16.0. The van der Waals surface area contributed by atoms with Crippen molar-refractivity contribution in [2.45, 2.75) is 6.92 Å². The predicted molar refractivity (Wildman–Crippen MR) is 104 cm³/mol. The van der Waals surface area contributed by atoms with Crippen LogP contribution in [-0.4, -0.2) is 14.8 Å². The van der Waals surface area contributed by atoms with Crippen molar-refractivity contribution in [3.63, 3.8) is 0 Å². The number of aromatic nitrogens is 3. The highest BCUT2D eigenvalue weighted by Gasteiger charge is 2.07. The van der Waals surface area contributed by atoms with E-state index >= 15 is 0 Å². The van der Waals surface area contributed by atoms with E-state index in [0.29, 0.717) is 11.5 Å². The van der Waals surface area contributed by atoms with Crippen molar-refractivity contribution in [1.82, 2.24) is 14.8 Å².